The second-order valence-electron chi connectivity index (χ2n) is 6.32. The van der Waals surface area contributed by atoms with E-state index in [0.717, 1.165) is 10.3 Å². The van der Waals surface area contributed by atoms with E-state index < -0.39 is 28.5 Å². The molecule has 1 saturated heterocycles. The fourth-order valence-corrected chi connectivity index (χ4v) is 4.60. The molecule has 3 rings (SSSR count). The van der Waals surface area contributed by atoms with E-state index >= 15 is 0 Å². The van der Waals surface area contributed by atoms with Crippen LogP contribution in [0.2, 0.25) is 0 Å². The minimum Gasteiger partial charge on any atom is -0.340 e. The lowest BCUT2D eigenvalue weighted by atomic mass is 10.1. The number of fused-ring (bicyclic) bond motifs is 1. The van der Waals surface area contributed by atoms with Gasteiger partial charge in [-0.25, -0.2) is 8.42 Å². The molecule has 27 heavy (non-hydrogen) atoms. The number of aromatic nitrogens is 1. The molecule has 1 aromatic heterocycles. The molecule has 10 heteroatoms. The summed E-state index contributed by atoms with van der Waals surface area (Å²) in [6, 6.07) is 8.88. The van der Waals surface area contributed by atoms with Crippen LogP contribution in [0, 0.1) is 0 Å². The molecule has 0 atom stereocenters. The second kappa shape index (κ2) is 7.43. The summed E-state index contributed by atoms with van der Waals surface area (Å²) in [7, 11) is -3.68. The molecular weight excluding hydrogens is 383 g/mol. The van der Waals surface area contributed by atoms with Crippen molar-refractivity contribution in [2.45, 2.75) is 18.3 Å². The molecule has 0 saturated carbocycles. The summed E-state index contributed by atoms with van der Waals surface area (Å²) in [6.45, 7) is -0.155. The van der Waals surface area contributed by atoms with E-state index in [2.05, 4.69) is 4.98 Å². The summed E-state index contributed by atoms with van der Waals surface area (Å²) in [5, 5.41) is 0.827. The highest BCUT2D eigenvalue weighted by molar-refractivity contribution is 7.88. The minimum absolute atomic E-state index is 0.0237. The van der Waals surface area contributed by atoms with Crippen molar-refractivity contribution in [1.82, 2.24) is 14.2 Å². The molecule has 0 spiro atoms. The lowest BCUT2D eigenvalue weighted by Crippen LogP contribution is -2.51. The Morgan fingerprint density at radius 2 is 1.74 bits per heavy atom. The van der Waals surface area contributed by atoms with Gasteiger partial charge in [0.15, 0.2) is 0 Å². The van der Waals surface area contributed by atoms with Crippen LogP contribution in [0.3, 0.4) is 0 Å². The van der Waals surface area contributed by atoms with Gasteiger partial charge in [-0.3, -0.25) is 9.78 Å². The monoisotopic (exact) mass is 401 g/mol. The van der Waals surface area contributed by atoms with Gasteiger partial charge in [-0.05, 0) is 11.6 Å². The number of piperazine rings is 1. The van der Waals surface area contributed by atoms with Crippen LogP contribution >= 0.6 is 0 Å². The number of halogens is 3. The van der Waals surface area contributed by atoms with Crippen LogP contribution in [0.4, 0.5) is 13.2 Å². The number of carbonyl (C=O) groups is 1. The third kappa shape index (κ3) is 4.75. The van der Waals surface area contributed by atoms with E-state index in [1.807, 2.05) is 12.1 Å². The van der Waals surface area contributed by atoms with Gasteiger partial charge in [0.2, 0.25) is 15.9 Å². The van der Waals surface area contributed by atoms with E-state index in [1.54, 1.807) is 24.4 Å². The van der Waals surface area contributed by atoms with E-state index in [9.17, 15) is 26.4 Å². The topological polar surface area (TPSA) is 70.6 Å². The number of para-hydroxylation sites is 1. The smallest absolute Gasteiger partial charge is 0.340 e. The first-order chi connectivity index (χ1) is 12.7. The van der Waals surface area contributed by atoms with Crippen molar-refractivity contribution < 1.29 is 26.4 Å². The Bertz CT molecular complexity index is 934. The summed E-state index contributed by atoms with van der Waals surface area (Å²) in [5.74, 6) is -1.28. The first-order valence-electron chi connectivity index (χ1n) is 8.31. The molecule has 2 heterocycles. The van der Waals surface area contributed by atoms with E-state index in [1.165, 1.54) is 4.31 Å². The zero-order valence-corrected chi connectivity index (χ0v) is 15.1. The first-order valence-corrected chi connectivity index (χ1v) is 9.92. The van der Waals surface area contributed by atoms with Gasteiger partial charge in [0.25, 0.3) is 0 Å². The lowest BCUT2D eigenvalue weighted by molar-refractivity contribution is -0.162. The van der Waals surface area contributed by atoms with Crippen molar-refractivity contribution in [3.05, 3.63) is 42.1 Å². The summed E-state index contributed by atoms with van der Waals surface area (Å²) in [4.78, 5) is 16.9. The largest absolute Gasteiger partial charge is 0.397 e. The maximum absolute atomic E-state index is 12.7. The predicted molar refractivity (Wildman–Crippen MR) is 93.2 cm³/mol. The Labute approximate surface area is 154 Å². The van der Waals surface area contributed by atoms with Gasteiger partial charge >= 0.3 is 6.18 Å². The average molecular weight is 401 g/mol. The van der Waals surface area contributed by atoms with Gasteiger partial charge in [-0.1, -0.05) is 24.3 Å². The van der Waals surface area contributed by atoms with Gasteiger partial charge in [0, 0.05) is 37.8 Å². The highest BCUT2D eigenvalue weighted by Crippen LogP contribution is 2.23. The highest BCUT2D eigenvalue weighted by atomic mass is 32.2. The molecule has 146 valence electrons. The molecule has 2 aromatic rings. The van der Waals surface area contributed by atoms with Crippen molar-refractivity contribution in [1.29, 1.82) is 0 Å². The van der Waals surface area contributed by atoms with Crippen LogP contribution in [0.5, 0.6) is 0 Å². The molecule has 1 amide bonds. The molecule has 6 nitrogen and oxygen atoms in total. The van der Waals surface area contributed by atoms with Crippen LogP contribution in [-0.2, 0) is 20.6 Å². The number of hydrogen-bond donors (Lipinski definition) is 0. The number of nitrogens with zero attached hydrogens (tertiary/aromatic N) is 3. The van der Waals surface area contributed by atoms with E-state index in [-0.39, 0.29) is 31.9 Å². The molecular formula is C17H18F3N3O3S. The summed E-state index contributed by atoms with van der Waals surface area (Å²) in [6.07, 6.45) is -4.51. The fraction of sp³-hybridized carbons (Fsp3) is 0.412. The third-order valence-corrected chi connectivity index (χ3v) is 6.22. The van der Waals surface area contributed by atoms with Crippen molar-refractivity contribution in [3.63, 3.8) is 0 Å². The number of pyridine rings is 1. The minimum atomic E-state index is -4.57. The molecule has 0 aliphatic carbocycles. The normalized spacial score (nSPS) is 16.6. The predicted octanol–water partition coefficient (Wildman–Crippen LogP) is 2.16. The van der Waals surface area contributed by atoms with Crippen LogP contribution in [0.15, 0.2) is 36.5 Å². The van der Waals surface area contributed by atoms with Crippen molar-refractivity contribution in [3.8, 4) is 0 Å². The van der Waals surface area contributed by atoms with Gasteiger partial charge in [0.1, 0.15) is 6.42 Å². The Morgan fingerprint density at radius 3 is 2.41 bits per heavy atom. The number of sulfonamides is 1. The number of rotatable bonds is 4. The zero-order chi connectivity index (χ0) is 19.7. The molecule has 0 radical (unpaired) electrons. The standard InChI is InChI=1S/C17H18F3N3O3S/c18-17(19,20)11-15(24)22-7-9-23(10-8-22)27(25,26)12-14-4-1-3-13-5-2-6-21-16(13)14/h1-6H,7-12H2. The fourth-order valence-electron chi connectivity index (χ4n) is 3.07. The molecule has 0 unspecified atom stereocenters. The van der Waals surface area contributed by atoms with Gasteiger partial charge in [-0.15, -0.1) is 0 Å². The second-order valence-corrected chi connectivity index (χ2v) is 8.29. The van der Waals surface area contributed by atoms with Crippen molar-refractivity contribution >= 4 is 26.8 Å². The summed E-state index contributed by atoms with van der Waals surface area (Å²) < 4.78 is 63.7. The van der Waals surface area contributed by atoms with Gasteiger partial charge < -0.3 is 4.90 Å². The number of amides is 1. The molecule has 1 aromatic carbocycles. The quantitative estimate of drug-likeness (QED) is 0.787. The number of alkyl halides is 3. The maximum Gasteiger partial charge on any atom is 0.397 e. The van der Waals surface area contributed by atoms with Gasteiger partial charge in [0.05, 0.1) is 11.3 Å². The molecule has 1 aliphatic rings. The number of carbonyl (C=O) groups excluding carboxylic acids is 1. The third-order valence-electron chi connectivity index (χ3n) is 4.39. The van der Waals surface area contributed by atoms with Gasteiger partial charge in [-0.2, -0.15) is 17.5 Å². The van der Waals surface area contributed by atoms with Crippen LogP contribution < -0.4 is 0 Å². The molecule has 0 bridgehead atoms. The average Bonchev–Trinajstić information content (AvgIpc) is 2.60. The van der Waals surface area contributed by atoms with E-state index in [4.69, 9.17) is 0 Å². The van der Waals surface area contributed by atoms with Crippen LogP contribution in [-0.4, -0.2) is 60.9 Å². The summed E-state index contributed by atoms with van der Waals surface area (Å²) >= 11 is 0. The van der Waals surface area contributed by atoms with Crippen molar-refractivity contribution in [2.75, 3.05) is 26.2 Å². The highest BCUT2D eigenvalue weighted by Gasteiger charge is 2.36. The number of hydrogen-bond acceptors (Lipinski definition) is 4. The Kier molecular flexibility index (Phi) is 5.38. The molecule has 1 fully saturated rings. The van der Waals surface area contributed by atoms with Crippen LogP contribution in [0.25, 0.3) is 10.9 Å². The lowest BCUT2D eigenvalue weighted by Gasteiger charge is -2.34. The number of benzene rings is 1. The van der Waals surface area contributed by atoms with Crippen molar-refractivity contribution in [2.24, 2.45) is 0 Å². The molecule has 1 aliphatic heterocycles. The first kappa shape index (κ1) is 19.6. The Morgan fingerprint density at radius 1 is 1.07 bits per heavy atom. The maximum atomic E-state index is 12.7. The SMILES string of the molecule is O=C(CC(F)(F)F)N1CCN(S(=O)(=O)Cc2cccc3cccnc23)CC1. The Balaban J connectivity index is 1.67. The zero-order valence-electron chi connectivity index (χ0n) is 14.3. The Hall–Kier alpha value is -2.20. The van der Waals surface area contributed by atoms with E-state index in [0.29, 0.717) is 11.1 Å². The molecule has 0 N–H and O–H groups in total. The summed E-state index contributed by atoms with van der Waals surface area (Å²) in [5.41, 5.74) is 1.16. The van der Waals surface area contributed by atoms with Crippen LogP contribution in [0.1, 0.15) is 12.0 Å².